The highest BCUT2D eigenvalue weighted by Gasteiger charge is 2.41. The minimum atomic E-state index is -0.328. The predicted molar refractivity (Wildman–Crippen MR) is 103 cm³/mol. The first kappa shape index (κ1) is 19.7. The Balaban J connectivity index is 2.00. The third-order valence-electron chi connectivity index (χ3n) is 5.82. The zero-order chi connectivity index (χ0) is 19.4. The van der Waals surface area contributed by atoms with Crippen LogP contribution in [0, 0.1) is 17.0 Å². The third kappa shape index (κ3) is 4.27. The Morgan fingerprint density at radius 3 is 2.00 bits per heavy atom. The molecule has 0 bridgehead atoms. The van der Waals surface area contributed by atoms with Gasteiger partial charge in [0.05, 0.1) is 6.04 Å². The molecule has 4 heteroatoms. The summed E-state index contributed by atoms with van der Waals surface area (Å²) in [5.41, 5.74) is 1.59. The molecule has 27 heavy (non-hydrogen) atoms. The number of carbonyl (C=O) groups excluding carboxylic acids is 1. The number of carbonyl (C=O) groups is 1. The molecule has 2 nitrogen and oxygen atoms in total. The lowest BCUT2D eigenvalue weighted by Gasteiger charge is -2.45. The van der Waals surface area contributed by atoms with Crippen molar-refractivity contribution in [3.63, 3.8) is 0 Å². The first-order valence-electron chi connectivity index (χ1n) is 9.71. The number of piperidine rings is 1. The Bertz CT molecular complexity index is 722. The van der Waals surface area contributed by atoms with Gasteiger partial charge in [-0.1, -0.05) is 37.6 Å². The first-order chi connectivity index (χ1) is 12.9. The fourth-order valence-electron chi connectivity index (χ4n) is 4.44. The van der Waals surface area contributed by atoms with Crippen molar-refractivity contribution < 1.29 is 13.6 Å². The molecule has 1 aliphatic heterocycles. The molecule has 0 saturated carbocycles. The highest BCUT2D eigenvalue weighted by Crippen LogP contribution is 2.40. The van der Waals surface area contributed by atoms with Gasteiger partial charge in [0.2, 0.25) is 0 Å². The van der Waals surface area contributed by atoms with Gasteiger partial charge in [0.1, 0.15) is 17.4 Å². The summed E-state index contributed by atoms with van der Waals surface area (Å²) in [4.78, 5) is 14.8. The van der Waals surface area contributed by atoms with E-state index in [1.54, 1.807) is 31.2 Å². The fourth-order valence-corrected chi connectivity index (χ4v) is 4.44. The summed E-state index contributed by atoms with van der Waals surface area (Å²) in [7, 11) is 0. The molecule has 1 heterocycles. The standard InChI is InChI=1S/C23H27F2NO/c1-3-13-23(17(2)27)14-4-15-26(16-23)22(18-5-9-20(24)10-6-18)19-7-11-21(25)12-8-19/h5-12,22H,3-4,13-16H2,1-2H3. The maximum Gasteiger partial charge on any atom is 0.137 e. The van der Waals surface area contributed by atoms with Gasteiger partial charge in [-0.3, -0.25) is 9.69 Å². The molecular weight excluding hydrogens is 344 g/mol. The second kappa shape index (κ2) is 8.30. The van der Waals surface area contributed by atoms with Gasteiger partial charge in [-0.15, -0.1) is 0 Å². The molecule has 0 amide bonds. The van der Waals surface area contributed by atoms with Crippen LogP contribution in [0.4, 0.5) is 8.78 Å². The van der Waals surface area contributed by atoms with Crippen molar-refractivity contribution in [2.75, 3.05) is 13.1 Å². The number of nitrogens with zero attached hydrogens (tertiary/aromatic N) is 1. The van der Waals surface area contributed by atoms with Gasteiger partial charge in [0.25, 0.3) is 0 Å². The topological polar surface area (TPSA) is 20.3 Å². The van der Waals surface area contributed by atoms with Gasteiger partial charge in [0, 0.05) is 12.0 Å². The van der Waals surface area contributed by atoms with Crippen LogP contribution in [0.2, 0.25) is 0 Å². The lowest BCUT2D eigenvalue weighted by Crippen LogP contribution is -2.48. The average Bonchev–Trinajstić information content (AvgIpc) is 2.65. The first-order valence-corrected chi connectivity index (χ1v) is 9.71. The van der Waals surface area contributed by atoms with Crippen molar-refractivity contribution >= 4 is 5.78 Å². The Kier molecular flexibility index (Phi) is 6.05. The molecule has 0 spiro atoms. The number of likely N-dealkylation sites (tertiary alicyclic amines) is 1. The zero-order valence-corrected chi connectivity index (χ0v) is 16.1. The van der Waals surface area contributed by atoms with Crippen LogP contribution in [-0.4, -0.2) is 23.8 Å². The summed E-state index contributed by atoms with van der Waals surface area (Å²) in [6.07, 6.45) is 3.69. The molecule has 0 aromatic heterocycles. The van der Waals surface area contributed by atoms with E-state index in [-0.39, 0.29) is 28.9 Å². The smallest absolute Gasteiger partial charge is 0.137 e. The van der Waals surface area contributed by atoms with Crippen molar-refractivity contribution in [2.45, 2.75) is 45.6 Å². The van der Waals surface area contributed by atoms with Crippen LogP contribution in [0.1, 0.15) is 56.7 Å². The van der Waals surface area contributed by atoms with Crippen LogP contribution in [0.5, 0.6) is 0 Å². The molecule has 1 atom stereocenters. The average molecular weight is 371 g/mol. The van der Waals surface area contributed by atoms with Gasteiger partial charge in [-0.05, 0) is 68.1 Å². The van der Waals surface area contributed by atoms with Crippen molar-refractivity contribution in [3.8, 4) is 0 Å². The monoisotopic (exact) mass is 371 g/mol. The second-order valence-corrected chi connectivity index (χ2v) is 7.67. The van der Waals surface area contributed by atoms with Crippen molar-refractivity contribution in [2.24, 2.45) is 5.41 Å². The molecule has 1 saturated heterocycles. The molecule has 0 aliphatic carbocycles. The number of benzene rings is 2. The van der Waals surface area contributed by atoms with Crippen molar-refractivity contribution in [3.05, 3.63) is 71.3 Å². The number of Topliss-reactive ketones (excluding diaryl/α,β-unsaturated/α-hetero) is 1. The van der Waals surface area contributed by atoms with E-state index in [4.69, 9.17) is 0 Å². The minimum Gasteiger partial charge on any atom is -0.299 e. The van der Waals surface area contributed by atoms with Crippen LogP contribution in [0.3, 0.4) is 0 Å². The fraction of sp³-hybridized carbons (Fsp3) is 0.435. The predicted octanol–water partition coefficient (Wildman–Crippen LogP) is 5.53. The van der Waals surface area contributed by atoms with Crippen LogP contribution in [0.25, 0.3) is 0 Å². The Morgan fingerprint density at radius 2 is 1.56 bits per heavy atom. The Labute approximate surface area is 160 Å². The molecule has 1 aliphatic rings. The lowest BCUT2D eigenvalue weighted by molar-refractivity contribution is -0.131. The summed E-state index contributed by atoms with van der Waals surface area (Å²) < 4.78 is 26.9. The molecular formula is C23H27F2NO. The Morgan fingerprint density at radius 1 is 1.04 bits per heavy atom. The summed E-state index contributed by atoms with van der Waals surface area (Å²) in [6.45, 7) is 5.35. The van der Waals surface area contributed by atoms with E-state index >= 15 is 0 Å². The van der Waals surface area contributed by atoms with Gasteiger partial charge in [0.15, 0.2) is 0 Å². The molecule has 2 aromatic carbocycles. The minimum absolute atomic E-state index is 0.123. The molecule has 1 fully saturated rings. The van der Waals surface area contributed by atoms with Gasteiger partial charge >= 0.3 is 0 Å². The van der Waals surface area contributed by atoms with E-state index in [1.807, 2.05) is 0 Å². The summed E-state index contributed by atoms with van der Waals surface area (Å²) in [5, 5.41) is 0. The lowest BCUT2D eigenvalue weighted by atomic mass is 9.72. The summed E-state index contributed by atoms with van der Waals surface area (Å²) in [6, 6.07) is 12.9. The SMILES string of the molecule is CCCC1(C(C)=O)CCCN(C(c2ccc(F)cc2)c2ccc(F)cc2)C1. The van der Waals surface area contributed by atoms with Crippen LogP contribution in [0.15, 0.2) is 48.5 Å². The maximum absolute atomic E-state index is 13.5. The molecule has 2 aromatic rings. The second-order valence-electron chi connectivity index (χ2n) is 7.67. The largest absolute Gasteiger partial charge is 0.299 e. The third-order valence-corrected chi connectivity index (χ3v) is 5.82. The maximum atomic E-state index is 13.5. The zero-order valence-electron chi connectivity index (χ0n) is 16.1. The summed E-state index contributed by atoms with van der Waals surface area (Å²) in [5.74, 6) is -0.315. The molecule has 0 N–H and O–H groups in total. The van der Waals surface area contributed by atoms with E-state index in [0.29, 0.717) is 6.54 Å². The molecule has 144 valence electrons. The number of hydrogen-bond acceptors (Lipinski definition) is 2. The number of ketones is 1. The van der Waals surface area contributed by atoms with Crippen molar-refractivity contribution in [1.82, 2.24) is 4.90 Å². The Hall–Kier alpha value is -2.07. The quantitative estimate of drug-likeness (QED) is 0.666. The van der Waals surface area contributed by atoms with Crippen molar-refractivity contribution in [1.29, 1.82) is 0 Å². The van der Waals surface area contributed by atoms with E-state index in [2.05, 4.69) is 11.8 Å². The van der Waals surface area contributed by atoms with E-state index < -0.39 is 0 Å². The van der Waals surface area contributed by atoms with Crippen LogP contribution < -0.4 is 0 Å². The molecule has 3 rings (SSSR count). The number of rotatable bonds is 6. The molecule has 0 radical (unpaired) electrons. The van der Waals surface area contributed by atoms with E-state index in [0.717, 1.165) is 43.4 Å². The highest BCUT2D eigenvalue weighted by atomic mass is 19.1. The van der Waals surface area contributed by atoms with Crippen LogP contribution >= 0.6 is 0 Å². The van der Waals surface area contributed by atoms with Gasteiger partial charge < -0.3 is 0 Å². The highest BCUT2D eigenvalue weighted by molar-refractivity contribution is 5.82. The summed E-state index contributed by atoms with van der Waals surface area (Å²) >= 11 is 0. The molecule has 1 unspecified atom stereocenters. The van der Waals surface area contributed by atoms with Gasteiger partial charge in [-0.25, -0.2) is 8.78 Å². The number of hydrogen-bond donors (Lipinski definition) is 0. The van der Waals surface area contributed by atoms with E-state index in [9.17, 15) is 13.6 Å². The number of halogens is 2. The van der Waals surface area contributed by atoms with Gasteiger partial charge in [-0.2, -0.15) is 0 Å². The van der Waals surface area contributed by atoms with E-state index in [1.165, 1.54) is 24.3 Å². The normalized spacial score (nSPS) is 20.8. The van der Waals surface area contributed by atoms with Crippen LogP contribution in [-0.2, 0) is 4.79 Å².